The maximum atomic E-state index is 5.49. The van der Waals surface area contributed by atoms with Gasteiger partial charge in [-0.1, -0.05) is 32.4 Å². The third kappa shape index (κ3) is 3.90. The summed E-state index contributed by atoms with van der Waals surface area (Å²) in [5.74, 6) is 3.47. The molecular weight excluding hydrogens is 328 g/mol. The highest BCUT2D eigenvalue weighted by Crippen LogP contribution is 2.36. The molecule has 0 aromatic heterocycles. The Kier molecular flexibility index (Phi) is 4.66. The van der Waals surface area contributed by atoms with Crippen LogP contribution in [0.3, 0.4) is 0 Å². The summed E-state index contributed by atoms with van der Waals surface area (Å²) >= 11 is 0. The molecule has 0 saturated carbocycles. The third-order valence-electron chi connectivity index (χ3n) is 5.13. The van der Waals surface area contributed by atoms with Gasteiger partial charge in [-0.25, -0.2) is 0 Å². The normalized spacial score (nSPS) is 14.7. The van der Waals surface area contributed by atoms with Gasteiger partial charge in [-0.3, -0.25) is 0 Å². The molecule has 4 rings (SSSR count). The summed E-state index contributed by atoms with van der Waals surface area (Å²) in [6.45, 7) is 5.37. The highest BCUT2D eigenvalue weighted by atomic mass is 16.7. The first-order valence-corrected chi connectivity index (χ1v) is 9.36. The van der Waals surface area contributed by atoms with Crippen LogP contribution in [0.4, 0.5) is 0 Å². The van der Waals surface area contributed by atoms with Gasteiger partial charge in [-0.2, -0.15) is 0 Å². The summed E-state index contributed by atoms with van der Waals surface area (Å²) in [5.41, 5.74) is 2.90. The van der Waals surface area contributed by atoms with Crippen LogP contribution in [-0.2, 0) is 12.8 Å². The monoisotopic (exact) mass is 354 g/mol. The van der Waals surface area contributed by atoms with Crippen molar-refractivity contribution >= 4 is 0 Å². The van der Waals surface area contributed by atoms with Gasteiger partial charge in [0.2, 0.25) is 13.6 Å². The Morgan fingerprint density at radius 3 is 2.00 bits per heavy atom. The molecule has 2 aliphatic rings. The van der Waals surface area contributed by atoms with Crippen molar-refractivity contribution in [2.45, 2.75) is 46.0 Å². The first-order chi connectivity index (χ1) is 12.6. The van der Waals surface area contributed by atoms with Crippen molar-refractivity contribution in [1.82, 2.24) is 0 Å². The van der Waals surface area contributed by atoms with Crippen LogP contribution < -0.4 is 18.9 Å². The zero-order chi connectivity index (χ0) is 18.0. The van der Waals surface area contributed by atoms with Crippen LogP contribution in [-0.4, -0.2) is 13.6 Å². The molecule has 0 N–H and O–H groups in total. The van der Waals surface area contributed by atoms with E-state index in [1.807, 2.05) is 12.1 Å². The Hall–Kier alpha value is -2.36. The molecule has 0 fully saturated rings. The molecule has 2 heterocycles. The van der Waals surface area contributed by atoms with Gasteiger partial charge in [-0.05, 0) is 66.5 Å². The number of unbranched alkanes of at least 4 members (excludes halogenated alkanes) is 1. The molecule has 4 heteroatoms. The summed E-state index contributed by atoms with van der Waals surface area (Å²) in [6.07, 6.45) is 5.73. The van der Waals surface area contributed by atoms with E-state index in [1.165, 1.54) is 30.4 Å². The maximum absolute atomic E-state index is 5.49. The van der Waals surface area contributed by atoms with Crippen molar-refractivity contribution in [3.8, 4) is 23.0 Å². The molecule has 2 aliphatic heterocycles. The number of aryl methyl sites for hydroxylation is 1. The van der Waals surface area contributed by atoms with Crippen molar-refractivity contribution in [3.05, 3.63) is 47.5 Å². The number of ether oxygens (including phenoxy) is 4. The summed E-state index contributed by atoms with van der Waals surface area (Å²) in [6, 6.07) is 12.6. The minimum Gasteiger partial charge on any atom is -0.454 e. The lowest BCUT2D eigenvalue weighted by atomic mass is 9.81. The Labute approximate surface area is 155 Å². The average molecular weight is 354 g/mol. The molecule has 26 heavy (non-hydrogen) atoms. The van der Waals surface area contributed by atoms with Crippen molar-refractivity contribution in [2.75, 3.05) is 13.6 Å². The lowest BCUT2D eigenvalue weighted by molar-refractivity contribution is 0.173. The lowest BCUT2D eigenvalue weighted by Crippen LogP contribution is -2.15. The summed E-state index contributed by atoms with van der Waals surface area (Å²) in [5, 5.41) is 0. The minimum atomic E-state index is 0.266. The van der Waals surface area contributed by atoms with Crippen LogP contribution in [0, 0.1) is 5.41 Å². The van der Waals surface area contributed by atoms with Gasteiger partial charge in [0.1, 0.15) is 0 Å². The van der Waals surface area contributed by atoms with Crippen molar-refractivity contribution in [1.29, 1.82) is 0 Å². The van der Waals surface area contributed by atoms with Crippen molar-refractivity contribution in [3.63, 3.8) is 0 Å². The van der Waals surface area contributed by atoms with Gasteiger partial charge >= 0.3 is 0 Å². The second-order valence-electron chi connectivity index (χ2n) is 7.92. The third-order valence-corrected chi connectivity index (χ3v) is 5.13. The van der Waals surface area contributed by atoms with Gasteiger partial charge in [0, 0.05) is 0 Å². The Balaban J connectivity index is 1.25. The van der Waals surface area contributed by atoms with Crippen molar-refractivity contribution in [2.24, 2.45) is 5.41 Å². The van der Waals surface area contributed by atoms with Crippen LogP contribution in [0.2, 0.25) is 0 Å². The van der Waals surface area contributed by atoms with Gasteiger partial charge in [0.05, 0.1) is 0 Å². The number of hydrogen-bond acceptors (Lipinski definition) is 4. The standard InChI is InChI=1S/C22H26O4/c1-22(2,13-17-7-9-19-21(12-17)26-15-24-19)10-4-3-5-16-6-8-18-20(11-16)25-14-23-18/h6-9,11-12H,3-5,10,13-15H2,1-2H3. The first kappa shape index (κ1) is 17.1. The predicted molar refractivity (Wildman–Crippen MR) is 100 cm³/mol. The lowest BCUT2D eigenvalue weighted by Gasteiger charge is -2.25. The number of rotatable bonds is 7. The number of benzene rings is 2. The van der Waals surface area contributed by atoms with E-state index in [2.05, 4.69) is 38.1 Å². The second-order valence-corrected chi connectivity index (χ2v) is 7.92. The molecule has 0 atom stereocenters. The van der Waals surface area contributed by atoms with Gasteiger partial charge in [-0.15, -0.1) is 0 Å². The zero-order valence-electron chi connectivity index (χ0n) is 15.5. The molecule has 2 aromatic carbocycles. The molecule has 0 aliphatic carbocycles. The molecule has 0 amide bonds. The maximum Gasteiger partial charge on any atom is 0.231 e. The first-order valence-electron chi connectivity index (χ1n) is 9.36. The molecule has 0 spiro atoms. The predicted octanol–water partition coefficient (Wildman–Crippen LogP) is 5.13. The van der Waals surface area contributed by atoms with E-state index in [0.717, 1.165) is 35.8 Å². The molecule has 2 aromatic rings. The molecule has 0 bridgehead atoms. The smallest absolute Gasteiger partial charge is 0.231 e. The Morgan fingerprint density at radius 1 is 0.731 bits per heavy atom. The van der Waals surface area contributed by atoms with Gasteiger partial charge in [0.25, 0.3) is 0 Å². The molecule has 0 saturated heterocycles. The van der Waals surface area contributed by atoms with E-state index in [-0.39, 0.29) is 5.41 Å². The zero-order valence-corrected chi connectivity index (χ0v) is 15.5. The highest BCUT2D eigenvalue weighted by molar-refractivity contribution is 5.45. The van der Waals surface area contributed by atoms with Crippen LogP contribution in [0.25, 0.3) is 0 Å². The molecule has 4 nitrogen and oxygen atoms in total. The molecule has 138 valence electrons. The fraction of sp³-hybridized carbons (Fsp3) is 0.455. The highest BCUT2D eigenvalue weighted by Gasteiger charge is 2.21. The second kappa shape index (κ2) is 7.10. The average Bonchev–Trinajstić information content (AvgIpc) is 3.26. The van der Waals surface area contributed by atoms with Gasteiger partial charge < -0.3 is 18.9 Å². The fourth-order valence-corrected chi connectivity index (χ4v) is 3.72. The molecule has 0 unspecified atom stereocenters. The Bertz CT molecular complexity index is 782. The quantitative estimate of drug-likeness (QED) is 0.646. The van der Waals surface area contributed by atoms with E-state index in [9.17, 15) is 0 Å². The summed E-state index contributed by atoms with van der Waals surface area (Å²) in [4.78, 5) is 0. The summed E-state index contributed by atoms with van der Waals surface area (Å²) < 4.78 is 21.7. The van der Waals surface area contributed by atoms with Crippen LogP contribution in [0.1, 0.15) is 44.2 Å². The van der Waals surface area contributed by atoms with E-state index < -0.39 is 0 Å². The number of hydrogen-bond donors (Lipinski definition) is 0. The van der Waals surface area contributed by atoms with E-state index in [1.54, 1.807) is 0 Å². The molecule has 0 radical (unpaired) electrons. The van der Waals surface area contributed by atoms with Crippen LogP contribution in [0.5, 0.6) is 23.0 Å². The van der Waals surface area contributed by atoms with E-state index >= 15 is 0 Å². The topological polar surface area (TPSA) is 36.9 Å². The van der Waals surface area contributed by atoms with Crippen LogP contribution >= 0.6 is 0 Å². The van der Waals surface area contributed by atoms with E-state index in [0.29, 0.717) is 13.6 Å². The largest absolute Gasteiger partial charge is 0.454 e. The van der Waals surface area contributed by atoms with Crippen LogP contribution in [0.15, 0.2) is 36.4 Å². The SMILES string of the molecule is CC(C)(CCCCc1ccc2c(c1)OCO2)Cc1ccc2c(c1)OCO2. The van der Waals surface area contributed by atoms with E-state index in [4.69, 9.17) is 18.9 Å². The van der Waals surface area contributed by atoms with Gasteiger partial charge in [0.15, 0.2) is 23.0 Å². The fourth-order valence-electron chi connectivity index (χ4n) is 3.72. The minimum absolute atomic E-state index is 0.266. The molecular formula is C22H26O4. The Morgan fingerprint density at radius 2 is 1.31 bits per heavy atom. The number of fused-ring (bicyclic) bond motifs is 2. The summed E-state index contributed by atoms with van der Waals surface area (Å²) in [7, 11) is 0. The van der Waals surface area contributed by atoms with Crippen molar-refractivity contribution < 1.29 is 18.9 Å².